The Morgan fingerprint density at radius 2 is 2.00 bits per heavy atom. The van der Waals surface area contributed by atoms with Gasteiger partial charge in [-0.15, -0.1) is 0 Å². The molecule has 1 atom stereocenters. The first kappa shape index (κ1) is 12.1. The zero-order valence-corrected chi connectivity index (χ0v) is 10.4. The summed E-state index contributed by atoms with van der Waals surface area (Å²) in [7, 11) is 0. The van der Waals surface area contributed by atoms with Gasteiger partial charge in [-0.3, -0.25) is 0 Å². The molecule has 1 aromatic carbocycles. The smallest absolute Gasteiger partial charge is 0.330 e. The number of halogens is 4. The molecule has 1 nitrogen and oxygen atoms in total. The first-order valence-corrected chi connectivity index (χ1v) is 5.42. The Bertz CT molecular complexity index is 336. The third kappa shape index (κ3) is 2.74. The summed E-state index contributed by atoms with van der Waals surface area (Å²) < 4.78 is 25.9. The average Bonchev–Trinajstić information content (AvgIpc) is 2.01. The van der Waals surface area contributed by atoms with E-state index in [0.29, 0.717) is 4.47 Å². The third-order valence-corrected chi connectivity index (χ3v) is 2.88. The fraction of sp³-hybridized carbons (Fsp3) is 0.333. The van der Waals surface area contributed by atoms with E-state index in [0.717, 1.165) is 5.56 Å². The van der Waals surface area contributed by atoms with Gasteiger partial charge in [0.2, 0.25) is 0 Å². The monoisotopic (exact) mass is 328 g/mol. The van der Waals surface area contributed by atoms with Crippen molar-refractivity contribution >= 4 is 31.9 Å². The number of benzene rings is 1. The van der Waals surface area contributed by atoms with Crippen LogP contribution in [-0.4, -0.2) is 9.94 Å². The molecule has 1 rings (SSSR count). The Balaban J connectivity index is 3.08. The van der Waals surface area contributed by atoms with Gasteiger partial charge in [0.1, 0.15) is 0 Å². The van der Waals surface area contributed by atoms with Crippen LogP contribution in [0.15, 0.2) is 22.7 Å². The van der Waals surface area contributed by atoms with E-state index in [4.69, 9.17) is 0 Å². The molecule has 0 saturated heterocycles. The van der Waals surface area contributed by atoms with Gasteiger partial charge in [-0.25, -0.2) is 0 Å². The van der Waals surface area contributed by atoms with Crippen LogP contribution in [0.4, 0.5) is 8.78 Å². The van der Waals surface area contributed by atoms with Crippen molar-refractivity contribution in [3.8, 4) is 0 Å². The fourth-order valence-corrected chi connectivity index (χ4v) is 1.99. The molecule has 0 aliphatic heterocycles. The van der Waals surface area contributed by atoms with E-state index in [1.165, 1.54) is 6.07 Å². The SMILES string of the molecule is Cc1ccc(C(O)C(F)(F)Br)c(Br)c1. The maximum atomic E-state index is 12.7. The maximum absolute atomic E-state index is 12.7. The van der Waals surface area contributed by atoms with Crippen LogP contribution >= 0.6 is 31.9 Å². The van der Waals surface area contributed by atoms with Crippen LogP contribution in [-0.2, 0) is 0 Å². The Hall–Kier alpha value is -0.000000000000000222. The largest absolute Gasteiger partial charge is 0.381 e. The zero-order valence-electron chi connectivity index (χ0n) is 7.27. The van der Waals surface area contributed by atoms with Gasteiger partial charge in [0.05, 0.1) is 0 Å². The highest BCUT2D eigenvalue weighted by Gasteiger charge is 2.37. The van der Waals surface area contributed by atoms with Crippen molar-refractivity contribution in [3.05, 3.63) is 33.8 Å². The molecule has 78 valence electrons. The van der Waals surface area contributed by atoms with Crippen molar-refractivity contribution in [2.45, 2.75) is 17.9 Å². The van der Waals surface area contributed by atoms with Crippen molar-refractivity contribution in [3.63, 3.8) is 0 Å². The first-order valence-electron chi connectivity index (χ1n) is 3.83. The number of alkyl halides is 3. The summed E-state index contributed by atoms with van der Waals surface area (Å²) in [4.78, 5) is -3.31. The standard InChI is InChI=1S/C9H8Br2F2O/c1-5-2-3-6(7(10)4-5)8(14)9(11,12)13/h2-4,8,14H,1H3. The number of hydrogen-bond acceptors (Lipinski definition) is 1. The van der Waals surface area contributed by atoms with E-state index in [9.17, 15) is 13.9 Å². The second-order valence-electron chi connectivity index (χ2n) is 2.97. The Labute approximate surface area is 97.4 Å². The van der Waals surface area contributed by atoms with E-state index >= 15 is 0 Å². The Morgan fingerprint density at radius 1 is 1.43 bits per heavy atom. The lowest BCUT2D eigenvalue weighted by Gasteiger charge is -2.18. The quantitative estimate of drug-likeness (QED) is 0.819. The molecule has 1 aromatic rings. The Morgan fingerprint density at radius 3 is 2.43 bits per heavy atom. The van der Waals surface area contributed by atoms with Gasteiger partial charge in [-0.05, 0) is 34.5 Å². The molecule has 0 radical (unpaired) electrons. The molecular formula is C9H8Br2F2O. The van der Waals surface area contributed by atoms with Crippen molar-refractivity contribution in [2.24, 2.45) is 0 Å². The average molecular weight is 330 g/mol. The minimum Gasteiger partial charge on any atom is -0.381 e. The molecule has 14 heavy (non-hydrogen) atoms. The molecule has 0 bridgehead atoms. The van der Waals surface area contributed by atoms with Crippen molar-refractivity contribution in [1.29, 1.82) is 0 Å². The predicted octanol–water partition coefficient (Wildman–Crippen LogP) is 3.78. The molecule has 1 unspecified atom stereocenters. The number of hydrogen-bond donors (Lipinski definition) is 1. The van der Waals surface area contributed by atoms with Gasteiger partial charge in [0, 0.05) is 10.0 Å². The lowest BCUT2D eigenvalue weighted by Crippen LogP contribution is -2.18. The number of aryl methyl sites for hydroxylation is 1. The summed E-state index contributed by atoms with van der Waals surface area (Å²) in [5.74, 6) is 0. The lowest BCUT2D eigenvalue weighted by atomic mass is 10.1. The molecular weight excluding hydrogens is 322 g/mol. The fourth-order valence-electron chi connectivity index (χ4n) is 1.03. The van der Waals surface area contributed by atoms with E-state index in [-0.39, 0.29) is 5.56 Å². The Kier molecular flexibility index (Phi) is 3.66. The molecule has 0 amide bonds. The molecule has 0 aliphatic rings. The topological polar surface area (TPSA) is 20.2 Å². The third-order valence-electron chi connectivity index (χ3n) is 1.76. The minimum atomic E-state index is -3.31. The maximum Gasteiger partial charge on any atom is 0.330 e. The molecule has 1 N–H and O–H groups in total. The van der Waals surface area contributed by atoms with Crippen LogP contribution in [0.5, 0.6) is 0 Å². The minimum absolute atomic E-state index is 0.164. The molecule has 0 aliphatic carbocycles. The van der Waals surface area contributed by atoms with Crippen molar-refractivity contribution in [1.82, 2.24) is 0 Å². The van der Waals surface area contributed by atoms with Gasteiger partial charge in [0.15, 0.2) is 6.10 Å². The summed E-state index contributed by atoms with van der Waals surface area (Å²) >= 11 is 5.26. The number of aliphatic hydroxyl groups is 1. The second kappa shape index (κ2) is 4.24. The van der Waals surface area contributed by atoms with Crippen LogP contribution < -0.4 is 0 Å². The zero-order chi connectivity index (χ0) is 10.9. The van der Waals surface area contributed by atoms with Crippen LogP contribution in [0.3, 0.4) is 0 Å². The van der Waals surface area contributed by atoms with E-state index < -0.39 is 10.9 Å². The summed E-state index contributed by atoms with van der Waals surface area (Å²) in [6.45, 7) is 1.84. The van der Waals surface area contributed by atoms with Gasteiger partial charge in [-0.1, -0.05) is 28.1 Å². The van der Waals surface area contributed by atoms with E-state index in [2.05, 4.69) is 31.9 Å². The summed E-state index contributed by atoms with van der Waals surface area (Å²) in [6, 6.07) is 4.82. The highest BCUT2D eigenvalue weighted by Crippen LogP contribution is 2.39. The van der Waals surface area contributed by atoms with Gasteiger partial charge in [0.25, 0.3) is 0 Å². The van der Waals surface area contributed by atoms with Gasteiger partial charge in [-0.2, -0.15) is 8.78 Å². The molecule has 0 fully saturated rings. The molecule has 0 spiro atoms. The normalized spacial score (nSPS) is 14.1. The molecule has 0 aromatic heterocycles. The van der Waals surface area contributed by atoms with Crippen molar-refractivity contribution in [2.75, 3.05) is 0 Å². The molecule has 0 heterocycles. The highest BCUT2D eigenvalue weighted by atomic mass is 79.9. The lowest BCUT2D eigenvalue weighted by molar-refractivity contribution is -0.0298. The molecule has 0 saturated carbocycles. The van der Waals surface area contributed by atoms with Crippen LogP contribution in [0.25, 0.3) is 0 Å². The predicted molar refractivity (Wildman–Crippen MR) is 57.7 cm³/mol. The molecule has 5 heteroatoms. The summed E-state index contributed by atoms with van der Waals surface area (Å²) in [6.07, 6.45) is -1.85. The van der Waals surface area contributed by atoms with Crippen LogP contribution in [0.2, 0.25) is 0 Å². The van der Waals surface area contributed by atoms with Crippen LogP contribution in [0, 0.1) is 6.92 Å². The van der Waals surface area contributed by atoms with Crippen molar-refractivity contribution < 1.29 is 13.9 Å². The first-order chi connectivity index (χ1) is 6.32. The number of aliphatic hydroxyl groups excluding tert-OH is 1. The van der Waals surface area contributed by atoms with E-state index in [1.807, 2.05) is 6.92 Å². The van der Waals surface area contributed by atoms with Gasteiger partial charge < -0.3 is 5.11 Å². The van der Waals surface area contributed by atoms with Crippen LogP contribution in [0.1, 0.15) is 17.2 Å². The van der Waals surface area contributed by atoms with E-state index in [1.54, 1.807) is 12.1 Å². The van der Waals surface area contributed by atoms with Gasteiger partial charge >= 0.3 is 4.83 Å². The number of rotatable bonds is 2. The summed E-state index contributed by atoms with van der Waals surface area (Å²) in [5, 5.41) is 9.30. The highest BCUT2D eigenvalue weighted by molar-refractivity contribution is 9.10. The second-order valence-corrected chi connectivity index (χ2v) is 4.88. The summed E-state index contributed by atoms with van der Waals surface area (Å²) in [5.41, 5.74) is 1.10.